The Hall–Kier alpha value is -3.85. The molecular formula is C25H23NO7S. The SMILES string of the molecule is Cc1ccc(S(=O)(=O)N2CC(COc3ccc(C(=O)OCc4ccccc4)cc3)OC2=O)cc1. The van der Waals surface area contributed by atoms with E-state index >= 15 is 0 Å². The van der Waals surface area contributed by atoms with Crippen molar-refractivity contribution >= 4 is 22.1 Å². The van der Waals surface area contributed by atoms with Crippen LogP contribution in [0.5, 0.6) is 5.75 Å². The minimum absolute atomic E-state index is 0.0198. The first kappa shape index (κ1) is 23.3. The average molecular weight is 482 g/mol. The fraction of sp³-hybridized carbons (Fsp3) is 0.200. The van der Waals surface area contributed by atoms with Crippen molar-refractivity contribution in [2.24, 2.45) is 0 Å². The van der Waals surface area contributed by atoms with Gasteiger partial charge in [-0.15, -0.1) is 0 Å². The average Bonchev–Trinajstić information content (AvgIpc) is 3.24. The molecule has 34 heavy (non-hydrogen) atoms. The Morgan fingerprint density at radius 1 is 1.00 bits per heavy atom. The first-order valence-corrected chi connectivity index (χ1v) is 12.0. The maximum Gasteiger partial charge on any atom is 0.424 e. The van der Waals surface area contributed by atoms with Gasteiger partial charge in [-0.05, 0) is 48.9 Å². The predicted molar refractivity (Wildman–Crippen MR) is 123 cm³/mol. The number of sulfonamides is 1. The van der Waals surface area contributed by atoms with Crippen molar-refractivity contribution in [2.75, 3.05) is 13.2 Å². The van der Waals surface area contributed by atoms with Crippen LogP contribution in [0.4, 0.5) is 4.79 Å². The van der Waals surface area contributed by atoms with Gasteiger partial charge in [0.25, 0.3) is 10.0 Å². The molecule has 0 aromatic heterocycles. The normalized spacial score (nSPS) is 15.6. The largest absolute Gasteiger partial charge is 0.490 e. The molecule has 0 N–H and O–H groups in total. The highest BCUT2D eigenvalue weighted by atomic mass is 32.2. The van der Waals surface area contributed by atoms with E-state index in [1.165, 1.54) is 12.1 Å². The zero-order valence-corrected chi connectivity index (χ0v) is 19.2. The highest BCUT2D eigenvalue weighted by Gasteiger charge is 2.40. The molecule has 1 saturated heterocycles. The number of aryl methyl sites for hydroxylation is 1. The van der Waals surface area contributed by atoms with Gasteiger partial charge in [-0.1, -0.05) is 48.0 Å². The number of nitrogens with zero attached hydrogens (tertiary/aromatic N) is 1. The number of benzene rings is 3. The van der Waals surface area contributed by atoms with Gasteiger partial charge in [0.05, 0.1) is 17.0 Å². The van der Waals surface area contributed by atoms with Crippen LogP contribution >= 0.6 is 0 Å². The van der Waals surface area contributed by atoms with Gasteiger partial charge in [-0.3, -0.25) is 0 Å². The monoisotopic (exact) mass is 481 g/mol. The molecule has 1 aliphatic heterocycles. The summed E-state index contributed by atoms with van der Waals surface area (Å²) >= 11 is 0. The van der Waals surface area contributed by atoms with Crippen LogP contribution in [0.25, 0.3) is 0 Å². The van der Waals surface area contributed by atoms with Crippen LogP contribution in [0.2, 0.25) is 0 Å². The van der Waals surface area contributed by atoms with Gasteiger partial charge < -0.3 is 14.2 Å². The predicted octanol–water partition coefficient (Wildman–Crippen LogP) is 3.94. The molecule has 1 aliphatic rings. The Balaban J connectivity index is 1.30. The fourth-order valence-electron chi connectivity index (χ4n) is 3.30. The molecule has 0 aliphatic carbocycles. The Labute approximate surface area is 197 Å². The first-order chi connectivity index (χ1) is 16.3. The Morgan fingerprint density at radius 2 is 1.68 bits per heavy atom. The van der Waals surface area contributed by atoms with Crippen molar-refractivity contribution in [3.63, 3.8) is 0 Å². The van der Waals surface area contributed by atoms with Gasteiger partial charge in [0.2, 0.25) is 0 Å². The van der Waals surface area contributed by atoms with Gasteiger partial charge in [-0.2, -0.15) is 4.31 Å². The number of ether oxygens (including phenoxy) is 3. The van der Waals surface area contributed by atoms with E-state index in [9.17, 15) is 18.0 Å². The van der Waals surface area contributed by atoms with Crippen molar-refractivity contribution in [1.82, 2.24) is 4.31 Å². The van der Waals surface area contributed by atoms with Gasteiger partial charge in [0.15, 0.2) is 6.10 Å². The first-order valence-electron chi connectivity index (χ1n) is 10.6. The van der Waals surface area contributed by atoms with E-state index < -0.39 is 28.2 Å². The molecule has 1 fully saturated rings. The van der Waals surface area contributed by atoms with Crippen LogP contribution in [0.1, 0.15) is 21.5 Å². The molecule has 0 saturated carbocycles. The van der Waals surface area contributed by atoms with Crippen molar-refractivity contribution in [2.45, 2.75) is 24.5 Å². The molecule has 1 amide bonds. The third-order valence-corrected chi connectivity index (χ3v) is 6.93. The maximum absolute atomic E-state index is 12.8. The smallest absolute Gasteiger partial charge is 0.424 e. The number of amides is 1. The molecule has 4 rings (SSSR count). The molecule has 9 heteroatoms. The highest BCUT2D eigenvalue weighted by Crippen LogP contribution is 2.23. The lowest BCUT2D eigenvalue weighted by atomic mass is 10.2. The number of hydrogen-bond acceptors (Lipinski definition) is 7. The topological polar surface area (TPSA) is 99.2 Å². The lowest BCUT2D eigenvalue weighted by molar-refractivity contribution is 0.0472. The molecule has 1 atom stereocenters. The van der Waals surface area contributed by atoms with Crippen LogP contribution in [-0.4, -0.2) is 44.0 Å². The molecule has 0 bridgehead atoms. The standard InChI is InChI=1S/C25H23NO7S/c1-18-7-13-23(14-8-18)34(29,30)26-15-22(33-25(26)28)17-31-21-11-9-20(10-12-21)24(27)32-16-19-5-3-2-4-6-19/h2-14,22H,15-17H2,1H3. The summed E-state index contributed by atoms with van der Waals surface area (Å²) < 4.78 is 42.3. The summed E-state index contributed by atoms with van der Waals surface area (Å²) in [6.07, 6.45) is -1.70. The van der Waals surface area contributed by atoms with Crippen LogP contribution in [-0.2, 0) is 26.1 Å². The lowest BCUT2D eigenvalue weighted by Crippen LogP contribution is -2.33. The van der Waals surface area contributed by atoms with Crippen LogP contribution in [0, 0.1) is 6.92 Å². The molecule has 3 aromatic rings. The van der Waals surface area contributed by atoms with Crippen molar-refractivity contribution in [1.29, 1.82) is 0 Å². The molecule has 1 heterocycles. The number of rotatable bonds is 8. The van der Waals surface area contributed by atoms with Gasteiger partial charge in [-0.25, -0.2) is 18.0 Å². The van der Waals surface area contributed by atoms with Crippen LogP contribution < -0.4 is 4.74 Å². The Morgan fingerprint density at radius 3 is 2.35 bits per heavy atom. The van der Waals surface area contributed by atoms with E-state index in [4.69, 9.17) is 14.2 Å². The van der Waals surface area contributed by atoms with Crippen LogP contribution in [0.3, 0.4) is 0 Å². The fourth-order valence-corrected chi connectivity index (χ4v) is 4.64. The molecule has 1 unspecified atom stereocenters. The van der Waals surface area contributed by atoms with Gasteiger partial charge in [0.1, 0.15) is 19.0 Å². The lowest BCUT2D eigenvalue weighted by Gasteiger charge is -2.14. The van der Waals surface area contributed by atoms with E-state index in [0.717, 1.165) is 11.1 Å². The summed E-state index contributed by atoms with van der Waals surface area (Å²) in [4.78, 5) is 24.4. The molecule has 3 aromatic carbocycles. The van der Waals surface area contributed by atoms with E-state index in [0.29, 0.717) is 15.6 Å². The van der Waals surface area contributed by atoms with E-state index in [1.54, 1.807) is 36.4 Å². The van der Waals surface area contributed by atoms with E-state index in [1.807, 2.05) is 37.3 Å². The van der Waals surface area contributed by atoms with Crippen molar-refractivity contribution in [3.8, 4) is 5.75 Å². The second kappa shape index (κ2) is 9.96. The summed E-state index contributed by atoms with van der Waals surface area (Å²) in [7, 11) is -4.01. The summed E-state index contributed by atoms with van der Waals surface area (Å²) in [6.45, 7) is 1.82. The zero-order valence-electron chi connectivity index (χ0n) is 18.4. The summed E-state index contributed by atoms with van der Waals surface area (Å²) in [5.41, 5.74) is 2.16. The molecule has 0 radical (unpaired) electrons. The number of esters is 1. The Kier molecular flexibility index (Phi) is 6.83. The second-order valence-corrected chi connectivity index (χ2v) is 9.61. The highest BCUT2D eigenvalue weighted by molar-refractivity contribution is 7.89. The zero-order chi connectivity index (χ0) is 24.1. The minimum Gasteiger partial charge on any atom is -0.490 e. The molecule has 176 valence electrons. The maximum atomic E-state index is 12.8. The molecule has 8 nitrogen and oxygen atoms in total. The van der Waals surface area contributed by atoms with E-state index in [2.05, 4.69) is 0 Å². The number of carbonyl (C=O) groups excluding carboxylic acids is 2. The van der Waals surface area contributed by atoms with Crippen molar-refractivity contribution < 1.29 is 32.2 Å². The van der Waals surface area contributed by atoms with Crippen molar-refractivity contribution in [3.05, 3.63) is 95.6 Å². The van der Waals surface area contributed by atoms with Gasteiger partial charge in [0, 0.05) is 0 Å². The summed E-state index contributed by atoms with van der Waals surface area (Å²) in [6, 6.07) is 21.9. The number of cyclic esters (lactones) is 1. The molecule has 0 spiro atoms. The molecular weight excluding hydrogens is 458 g/mol. The third-order valence-electron chi connectivity index (χ3n) is 5.19. The van der Waals surface area contributed by atoms with Crippen LogP contribution in [0.15, 0.2) is 83.8 Å². The minimum atomic E-state index is -4.01. The second-order valence-electron chi connectivity index (χ2n) is 7.75. The third kappa shape index (κ3) is 5.37. The Bertz CT molecular complexity index is 1260. The van der Waals surface area contributed by atoms with Gasteiger partial charge >= 0.3 is 12.1 Å². The summed E-state index contributed by atoms with van der Waals surface area (Å²) in [5.74, 6) is -0.0208. The number of carbonyl (C=O) groups is 2. The number of hydrogen-bond donors (Lipinski definition) is 0. The quantitative estimate of drug-likeness (QED) is 0.449. The summed E-state index contributed by atoms with van der Waals surface area (Å²) in [5, 5.41) is 0. The van der Waals surface area contributed by atoms with E-state index in [-0.39, 0.29) is 24.7 Å².